The summed E-state index contributed by atoms with van der Waals surface area (Å²) in [6.45, 7) is 6.17. The topological polar surface area (TPSA) is 61.4 Å². The molecule has 6 heteroatoms. The molecular weight excluding hydrogens is 386 g/mol. The summed E-state index contributed by atoms with van der Waals surface area (Å²) in [6, 6.07) is 15.3. The van der Waals surface area contributed by atoms with E-state index in [0.717, 1.165) is 37.2 Å². The number of alkyl halides is 1. The molecule has 1 saturated heterocycles. The predicted molar refractivity (Wildman–Crippen MR) is 119 cm³/mol. The lowest BCUT2D eigenvalue weighted by Crippen LogP contribution is -2.35. The molecule has 1 aliphatic rings. The summed E-state index contributed by atoms with van der Waals surface area (Å²) in [4.78, 5) is 27.3. The quantitative estimate of drug-likeness (QED) is 0.689. The van der Waals surface area contributed by atoms with Crippen LogP contribution in [0.15, 0.2) is 48.5 Å². The van der Waals surface area contributed by atoms with Gasteiger partial charge in [0, 0.05) is 31.0 Å². The van der Waals surface area contributed by atoms with Gasteiger partial charge in [-0.15, -0.1) is 11.6 Å². The number of anilines is 2. The highest BCUT2D eigenvalue weighted by atomic mass is 35.5. The van der Waals surface area contributed by atoms with Crippen LogP contribution in [0.25, 0.3) is 0 Å². The van der Waals surface area contributed by atoms with Crippen LogP contribution in [0, 0.1) is 5.92 Å². The van der Waals surface area contributed by atoms with Crippen LogP contribution in [0.5, 0.6) is 0 Å². The lowest BCUT2D eigenvalue weighted by Gasteiger charge is -2.33. The molecular formula is C23H28ClN3O2. The zero-order chi connectivity index (χ0) is 20.8. The maximum Gasteiger partial charge on any atom is 0.253 e. The number of rotatable bonds is 6. The molecule has 29 heavy (non-hydrogen) atoms. The highest BCUT2D eigenvalue weighted by molar-refractivity contribution is 6.32. The van der Waals surface area contributed by atoms with Gasteiger partial charge in [0.15, 0.2) is 0 Å². The first-order valence-electron chi connectivity index (χ1n) is 10.1. The maximum atomic E-state index is 13.0. The van der Waals surface area contributed by atoms with Gasteiger partial charge >= 0.3 is 0 Å². The molecule has 2 aromatic carbocycles. The summed E-state index contributed by atoms with van der Waals surface area (Å²) < 4.78 is 0. The molecule has 154 valence electrons. The van der Waals surface area contributed by atoms with Crippen LogP contribution in [0.2, 0.25) is 0 Å². The molecule has 3 rings (SSSR count). The van der Waals surface area contributed by atoms with Gasteiger partial charge in [-0.1, -0.05) is 37.3 Å². The number of carbonyl (C=O) groups excluding carboxylic acids is 2. The maximum absolute atomic E-state index is 13.0. The lowest BCUT2D eigenvalue weighted by atomic mass is 9.97. The number of amides is 2. The van der Waals surface area contributed by atoms with Crippen molar-refractivity contribution in [2.75, 3.05) is 23.3 Å². The summed E-state index contributed by atoms with van der Waals surface area (Å²) in [7, 11) is 0. The second kappa shape index (κ2) is 9.79. The summed E-state index contributed by atoms with van der Waals surface area (Å²) >= 11 is 5.87. The SMILES string of the molecule is CC1CCN(c2ccc(NC(=O)[C@H](C)Cl)cc2C(=O)NCc2ccccc2)CC1. The molecule has 1 fully saturated rings. The Bertz CT molecular complexity index is 846. The number of benzene rings is 2. The van der Waals surface area contributed by atoms with E-state index in [2.05, 4.69) is 22.5 Å². The molecule has 1 heterocycles. The number of hydrogen-bond acceptors (Lipinski definition) is 3. The van der Waals surface area contributed by atoms with Gasteiger partial charge in [-0.2, -0.15) is 0 Å². The van der Waals surface area contributed by atoms with Gasteiger partial charge in [-0.3, -0.25) is 9.59 Å². The summed E-state index contributed by atoms with van der Waals surface area (Å²) in [5.41, 5.74) is 3.08. The van der Waals surface area contributed by atoms with E-state index in [1.807, 2.05) is 42.5 Å². The van der Waals surface area contributed by atoms with Crippen molar-refractivity contribution < 1.29 is 9.59 Å². The summed E-state index contributed by atoms with van der Waals surface area (Å²) in [5, 5.41) is 5.14. The van der Waals surface area contributed by atoms with E-state index in [-0.39, 0.29) is 11.8 Å². The third kappa shape index (κ3) is 5.73. The van der Waals surface area contributed by atoms with Crippen molar-refractivity contribution >= 4 is 34.8 Å². The Kier molecular flexibility index (Phi) is 7.15. The Balaban J connectivity index is 1.83. The molecule has 2 amide bonds. The van der Waals surface area contributed by atoms with Crippen LogP contribution < -0.4 is 15.5 Å². The fourth-order valence-corrected chi connectivity index (χ4v) is 3.49. The number of piperidine rings is 1. The van der Waals surface area contributed by atoms with Crippen LogP contribution in [-0.4, -0.2) is 30.3 Å². The molecule has 0 aliphatic carbocycles. The second-order valence-electron chi connectivity index (χ2n) is 7.68. The van der Waals surface area contributed by atoms with E-state index in [9.17, 15) is 9.59 Å². The summed E-state index contributed by atoms with van der Waals surface area (Å²) in [5.74, 6) is 0.254. The average molecular weight is 414 g/mol. The number of halogens is 1. The highest BCUT2D eigenvalue weighted by Crippen LogP contribution is 2.29. The van der Waals surface area contributed by atoms with Gasteiger partial charge in [-0.05, 0) is 49.4 Å². The fourth-order valence-electron chi connectivity index (χ4n) is 3.44. The molecule has 2 aromatic rings. The van der Waals surface area contributed by atoms with E-state index < -0.39 is 5.38 Å². The Hall–Kier alpha value is -2.53. The zero-order valence-corrected chi connectivity index (χ0v) is 17.7. The minimum atomic E-state index is -0.645. The first kappa shape index (κ1) is 21.2. The van der Waals surface area contributed by atoms with Crippen LogP contribution in [0.3, 0.4) is 0 Å². The van der Waals surface area contributed by atoms with Crippen LogP contribution in [0.1, 0.15) is 42.6 Å². The zero-order valence-electron chi connectivity index (χ0n) is 17.0. The largest absolute Gasteiger partial charge is 0.371 e. The van der Waals surface area contributed by atoms with E-state index in [0.29, 0.717) is 23.7 Å². The molecule has 0 spiro atoms. The first-order valence-corrected chi connectivity index (χ1v) is 10.5. The van der Waals surface area contributed by atoms with Gasteiger partial charge in [0.25, 0.3) is 5.91 Å². The standard InChI is InChI=1S/C23H28ClN3O2/c1-16-10-12-27(13-11-16)21-9-8-19(26-22(28)17(2)24)14-20(21)23(29)25-15-18-6-4-3-5-7-18/h3-9,14,16-17H,10-13,15H2,1-2H3,(H,25,29)(H,26,28)/t17-/m0/s1. The van der Waals surface area contributed by atoms with Crippen LogP contribution in [-0.2, 0) is 11.3 Å². The monoisotopic (exact) mass is 413 g/mol. The van der Waals surface area contributed by atoms with Crippen molar-refractivity contribution in [1.82, 2.24) is 5.32 Å². The van der Waals surface area contributed by atoms with Crippen molar-refractivity contribution in [1.29, 1.82) is 0 Å². The molecule has 1 aliphatic heterocycles. The number of nitrogens with zero attached hydrogens (tertiary/aromatic N) is 1. The van der Waals surface area contributed by atoms with Crippen molar-refractivity contribution in [3.8, 4) is 0 Å². The Morgan fingerprint density at radius 1 is 1.14 bits per heavy atom. The van der Waals surface area contributed by atoms with Gasteiger partial charge in [0.1, 0.15) is 5.38 Å². The third-order valence-corrected chi connectivity index (χ3v) is 5.49. The molecule has 0 bridgehead atoms. The van der Waals surface area contributed by atoms with E-state index in [4.69, 9.17) is 11.6 Å². The highest BCUT2D eigenvalue weighted by Gasteiger charge is 2.22. The van der Waals surface area contributed by atoms with Gasteiger partial charge < -0.3 is 15.5 Å². The minimum absolute atomic E-state index is 0.155. The first-order chi connectivity index (χ1) is 13.9. The molecule has 1 atom stereocenters. The minimum Gasteiger partial charge on any atom is -0.371 e. The van der Waals surface area contributed by atoms with Crippen molar-refractivity contribution in [3.05, 3.63) is 59.7 Å². The second-order valence-corrected chi connectivity index (χ2v) is 8.33. The molecule has 0 saturated carbocycles. The van der Waals surface area contributed by atoms with Crippen molar-refractivity contribution in [2.45, 2.75) is 38.6 Å². The van der Waals surface area contributed by atoms with Crippen molar-refractivity contribution in [2.24, 2.45) is 5.92 Å². The van der Waals surface area contributed by atoms with Gasteiger partial charge in [0.05, 0.1) is 5.56 Å². The van der Waals surface area contributed by atoms with Gasteiger partial charge in [-0.25, -0.2) is 0 Å². The third-order valence-electron chi connectivity index (χ3n) is 5.29. The Labute approximate surface area is 177 Å². The fraction of sp³-hybridized carbons (Fsp3) is 0.391. The molecule has 0 unspecified atom stereocenters. The van der Waals surface area contributed by atoms with E-state index >= 15 is 0 Å². The number of hydrogen-bond donors (Lipinski definition) is 2. The lowest BCUT2D eigenvalue weighted by molar-refractivity contribution is -0.115. The van der Waals surface area contributed by atoms with E-state index in [1.54, 1.807) is 13.0 Å². The van der Waals surface area contributed by atoms with Crippen LogP contribution >= 0.6 is 11.6 Å². The van der Waals surface area contributed by atoms with E-state index in [1.165, 1.54) is 0 Å². The summed E-state index contributed by atoms with van der Waals surface area (Å²) in [6.07, 6.45) is 2.21. The predicted octanol–water partition coefficient (Wildman–Crippen LogP) is 4.42. The Morgan fingerprint density at radius 2 is 1.83 bits per heavy atom. The smallest absolute Gasteiger partial charge is 0.253 e. The van der Waals surface area contributed by atoms with Gasteiger partial charge in [0.2, 0.25) is 5.91 Å². The Morgan fingerprint density at radius 3 is 2.48 bits per heavy atom. The normalized spacial score (nSPS) is 15.6. The van der Waals surface area contributed by atoms with Crippen molar-refractivity contribution in [3.63, 3.8) is 0 Å². The number of carbonyl (C=O) groups is 2. The number of nitrogens with one attached hydrogen (secondary N) is 2. The van der Waals surface area contributed by atoms with Crippen LogP contribution in [0.4, 0.5) is 11.4 Å². The molecule has 2 N–H and O–H groups in total. The molecule has 0 aromatic heterocycles. The molecule has 0 radical (unpaired) electrons. The molecule has 5 nitrogen and oxygen atoms in total. The average Bonchev–Trinajstić information content (AvgIpc) is 2.73.